The Hall–Kier alpha value is -2.80. The summed E-state index contributed by atoms with van der Waals surface area (Å²) in [6.45, 7) is 10.7. The van der Waals surface area contributed by atoms with Crippen molar-refractivity contribution in [3.63, 3.8) is 0 Å². The molecule has 2 N–H and O–H groups in total. The lowest BCUT2D eigenvalue weighted by atomic mass is 9.96. The van der Waals surface area contributed by atoms with Crippen molar-refractivity contribution in [2.75, 3.05) is 56.5 Å². The number of likely N-dealkylation sites (tertiary alicyclic amines) is 2. The normalized spacial score (nSPS) is 17.1. The number of ether oxygens (including phenoxy) is 1. The molecule has 0 bridgehead atoms. The number of amides is 1. The average molecular weight is 470 g/mol. The highest BCUT2D eigenvalue weighted by molar-refractivity contribution is 5.73. The third-order valence-corrected chi connectivity index (χ3v) is 6.95. The molecule has 2 aliphatic heterocycles. The molecule has 34 heavy (non-hydrogen) atoms. The highest BCUT2D eigenvalue weighted by Crippen LogP contribution is 2.26. The molecule has 2 aromatic rings. The summed E-state index contributed by atoms with van der Waals surface area (Å²) in [5.41, 5.74) is 3.17. The van der Waals surface area contributed by atoms with E-state index in [-0.39, 0.29) is 8.76 Å². The van der Waals surface area contributed by atoms with Crippen molar-refractivity contribution >= 4 is 23.1 Å². The number of rotatable bonds is 10. The van der Waals surface area contributed by atoms with Crippen molar-refractivity contribution in [1.82, 2.24) is 14.8 Å². The van der Waals surface area contributed by atoms with E-state index >= 15 is 0 Å². The third kappa shape index (κ3) is 7.10. The van der Waals surface area contributed by atoms with Crippen molar-refractivity contribution in [1.29, 1.82) is 0 Å². The number of aromatic nitrogens is 1. The lowest BCUT2D eigenvalue weighted by Crippen LogP contribution is -2.38. The van der Waals surface area contributed by atoms with E-state index in [1.165, 1.54) is 25.9 Å². The number of pyridine rings is 1. The van der Waals surface area contributed by atoms with Crippen LogP contribution in [0.2, 0.25) is 0 Å². The number of benzene rings is 1. The summed E-state index contributed by atoms with van der Waals surface area (Å²) >= 11 is 0. The number of hydrogen-bond donors (Lipinski definition) is 2. The number of anilines is 3. The Balaban J connectivity index is 0.00000228. The molecule has 0 radical (unpaired) electrons. The van der Waals surface area contributed by atoms with Gasteiger partial charge in [0.2, 0.25) is 5.91 Å². The van der Waals surface area contributed by atoms with Gasteiger partial charge in [0, 0.05) is 65.7 Å². The van der Waals surface area contributed by atoms with Crippen LogP contribution in [0.3, 0.4) is 0 Å². The second kappa shape index (κ2) is 12.1. The van der Waals surface area contributed by atoms with Crippen LogP contribution in [0.5, 0.6) is 5.75 Å². The van der Waals surface area contributed by atoms with Gasteiger partial charge in [-0.25, -0.2) is 4.98 Å². The molecule has 0 spiro atoms. The molecule has 0 aliphatic carbocycles. The van der Waals surface area contributed by atoms with E-state index in [9.17, 15) is 4.79 Å². The summed E-state index contributed by atoms with van der Waals surface area (Å²) in [7, 11) is 0. The van der Waals surface area contributed by atoms with E-state index in [0.29, 0.717) is 5.92 Å². The van der Waals surface area contributed by atoms with Gasteiger partial charge in [0.25, 0.3) is 0 Å². The van der Waals surface area contributed by atoms with E-state index in [2.05, 4.69) is 45.6 Å². The first-order chi connectivity index (χ1) is 16.6. The molecule has 3 heterocycles. The van der Waals surface area contributed by atoms with E-state index in [4.69, 9.17) is 4.74 Å². The van der Waals surface area contributed by atoms with Crippen molar-refractivity contribution in [3.8, 4) is 5.75 Å². The predicted octanol–water partition coefficient (Wildman–Crippen LogP) is 5.16. The summed E-state index contributed by atoms with van der Waals surface area (Å²) < 4.78 is 6.10. The van der Waals surface area contributed by atoms with E-state index in [1.54, 1.807) is 6.92 Å². The average Bonchev–Trinajstić information content (AvgIpc) is 3.36. The monoisotopic (exact) mass is 469 g/mol. The maximum Gasteiger partial charge on any atom is 0.219 e. The van der Waals surface area contributed by atoms with Gasteiger partial charge in [-0.2, -0.15) is 0 Å². The fraction of sp³-hybridized carbons (Fsp3) is 0.556. The third-order valence-electron chi connectivity index (χ3n) is 6.95. The van der Waals surface area contributed by atoms with Gasteiger partial charge in [0.05, 0.1) is 6.61 Å². The second-order valence-electron chi connectivity index (χ2n) is 9.62. The van der Waals surface area contributed by atoms with Crippen molar-refractivity contribution in [3.05, 3.63) is 42.1 Å². The molecular weight excluding hydrogens is 426 g/mol. The number of nitrogens with one attached hydrogen (secondary N) is 2. The molecule has 2 fully saturated rings. The summed E-state index contributed by atoms with van der Waals surface area (Å²) in [6.07, 6.45) is 7.64. The molecule has 188 valence electrons. The van der Waals surface area contributed by atoms with Crippen molar-refractivity contribution in [2.45, 2.75) is 46.0 Å². The summed E-state index contributed by atoms with van der Waals surface area (Å²) in [5, 5.41) is 6.97. The Morgan fingerprint density at radius 2 is 1.91 bits per heavy atom. The first-order valence-electron chi connectivity index (χ1n) is 12.7. The van der Waals surface area contributed by atoms with Crippen LogP contribution < -0.4 is 15.4 Å². The van der Waals surface area contributed by atoms with Crippen LogP contribution in [0.25, 0.3) is 0 Å². The Morgan fingerprint density at radius 1 is 1.12 bits per heavy atom. The van der Waals surface area contributed by atoms with Crippen molar-refractivity contribution < 1.29 is 12.4 Å². The zero-order chi connectivity index (χ0) is 23.8. The Labute approximate surface area is 206 Å². The standard InChI is InChI=1S/C27H39N5O2.2H2/c1-21-6-7-25(18-26(21)34-17-5-14-31-12-3-4-13-31)30-27-19-24(8-11-28-27)29-20-23-9-15-32(16-10-23)22(2)33;;/h6-8,11,18-19,23H,3-5,9-10,12-17,20H2,1-2H3,(H2,28,29,30);2*1H. The smallest absolute Gasteiger partial charge is 0.219 e. The van der Waals surface area contributed by atoms with Gasteiger partial charge in [0.1, 0.15) is 11.6 Å². The van der Waals surface area contributed by atoms with Crippen LogP contribution >= 0.6 is 0 Å². The van der Waals surface area contributed by atoms with Gasteiger partial charge in [-0.15, -0.1) is 0 Å². The van der Waals surface area contributed by atoms with Gasteiger partial charge in [0.15, 0.2) is 0 Å². The Bertz CT molecular complexity index is 948. The molecule has 1 aromatic carbocycles. The molecule has 0 atom stereocenters. The fourth-order valence-corrected chi connectivity index (χ4v) is 4.78. The van der Waals surface area contributed by atoms with Crippen LogP contribution in [-0.4, -0.2) is 66.6 Å². The number of hydrogen-bond acceptors (Lipinski definition) is 6. The minimum absolute atomic E-state index is 0. The summed E-state index contributed by atoms with van der Waals surface area (Å²) in [4.78, 5) is 20.5. The van der Waals surface area contributed by atoms with Gasteiger partial charge >= 0.3 is 0 Å². The minimum atomic E-state index is 0. The maximum absolute atomic E-state index is 11.5. The van der Waals surface area contributed by atoms with Crippen LogP contribution in [0.1, 0.15) is 47.4 Å². The van der Waals surface area contributed by atoms with Gasteiger partial charge in [-0.05, 0) is 75.7 Å². The number of aryl methyl sites for hydroxylation is 1. The first kappa shape index (κ1) is 24.3. The molecule has 2 saturated heterocycles. The van der Waals surface area contributed by atoms with Gasteiger partial charge < -0.3 is 25.2 Å². The lowest BCUT2D eigenvalue weighted by Gasteiger charge is -2.31. The number of carbonyl (C=O) groups is 1. The molecule has 2 aliphatic rings. The zero-order valence-electron chi connectivity index (χ0n) is 20.7. The Morgan fingerprint density at radius 3 is 2.68 bits per heavy atom. The van der Waals surface area contributed by atoms with E-state index < -0.39 is 0 Å². The fourth-order valence-electron chi connectivity index (χ4n) is 4.78. The van der Waals surface area contributed by atoms with Crippen molar-refractivity contribution in [2.24, 2.45) is 5.92 Å². The number of piperidine rings is 1. The molecule has 7 heteroatoms. The van der Waals surface area contributed by atoms with E-state index in [1.807, 2.05) is 23.2 Å². The topological polar surface area (TPSA) is 69.7 Å². The summed E-state index contributed by atoms with van der Waals surface area (Å²) in [5.74, 6) is 2.50. The molecular formula is C27H43N5O2. The molecule has 1 aromatic heterocycles. The molecule has 0 unspecified atom stereocenters. The first-order valence-corrected chi connectivity index (χ1v) is 12.7. The highest BCUT2D eigenvalue weighted by Gasteiger charge is 2.20. The zero-order valence-corrected chi connectivity index (χ0v) is 20.7. The molecule has 7 nitrogen and oxygen atoms in total. The molecule has 0 saturated carbocycles. The van der Waals surface area contributed by atoms with Crippen LogP contribution in [0.15, 0.2) is 36.5 Å². The lowest BCUT2D eigenvalue weighted by molar-refractivity contribution is -0.130. The number of carbonyl (C=O) groups excluding carboxylic acids is 1. The summed E-state index contributed by atoms with van der Waals surface area (Å²) in [6, 6.07) is 10.3. The predicted molar refractivity (Wildman–Crippen MR) is 142 cm³/mol. The number of nitrogens with zero attached hydrogens (tertiary/aromatic N) is 3. The van der Waals surface area contributed by atoms with Crippen LogP contribution in [0, 0.1) is 12.8 Å². The molecule has 4 rings (SSSR count). The van der Waals surface area contributed by atoms with E-state index in [0.717, 1.165) is 80.6 Å². The SMILES string of the molecule is CC(=O)N1CCC(CNc2ccnc(Nc3ccc(C)c(OCCCN4CCCC4)c3)c2)CC1.[HH].[HH]. The second-order valence-corrected chi connectivity index (χ2v) is 9.62. The van der Waals surface area contributed by atoms with Crippen LogP contribution in [-0.2, 0) is 4.79 Å². The van der Waals surface area contributed by atoms with Gasteiger partial charge in [-0.3, -0.25) is 4.79 Å². The largest absolute Gasteiger partial charge is 0.493 e. The van der Waals surface area contributed by atoms with Gasteiger partial charge in [-0.1, -0.05) is 6.07 Å². The van der Waals surface area contributed by atoms with Crippen LogP contribution in [0.4, 0.5) is 17.2 Å². The quantitative estimate of drug-likeness (QED) is 0.469. The maximum atomic E-state index is 11.5. The molecule has 1 amide bonds. The highest BCUT2D eigenvalue weighted by atomic mass is 16.5. The Kier molecular flexibility index (Phi) is 8.63. The minimum Gasteiger partial charge on any atom is -0.493 e.